The molecule has 0 saturated carbocycles. The standard InChI is InChI=1S/C36H42N6O7S2/c1-24(43)40-19-17-36(22-40)23-42(34(45)39-33-37-28-14-16-30(48-5)38-32(28)50-33)29-15-13-26(20-27(29)36)51(46,47)41(21-25-10-7-6-8-11-25)18-9-12-31(44)49-35(2,3)4/h6-8,10-11,13-16,20H,9,12,17-19,21-23H2,1-5H3,(H,37,39,45). The van der Waals surface area contributed by atoms with Crippen LogP contribution in [0.4, 0.5) is 15.6 Å². The summed E-state index contributed by atoms with van der Waals surface area (Å²) in [6, 6.07) is 17.2. The van der Waals surface area contributed by atoms with E-state index in [1.165, 1.54) is 35.7 Å². The van der Waals surface area contributed by atoms with Gasteiger partial charge in [-0.05, 0) is 69.0 Å². The number of carbonyl (C=O) groups excluding carboxylic acids is 3. The van der Waals surface area contributed by atoms with Gasteiger partial charge in [-0.2, -0.15) is 4.31 Å². The van der Waals surface area contributed by atoms with Crippen molar-refractivity contribution in [2.24, 2.45) is 0 Å². The first-order chi connectivity index (χ1) is 24.2. The van der Waals surface area contributed by atoms with Crippen molar-refractivity contribution in [2.45, 2.75) is 69.4 Å². The maximum absolute atomic E-state index is 14.4. The lowest BCUT2D eigenvalue weighted by atomic mass is 9.81. The van der Waals surface area contributed by atoms with E-state index in [9.17, 15) is 22.8 Å². The summed E-state index contributed by atoms with van der Waals surface area (Å²) in [6.45, 7) is 8.16. The van der Waals surface area contributed by atoms with Gasteiger partial charge in [0.2, 0.25) is 21.8 Å². The van der Waals surface area contributed by atoms with Crippen molar-refractivity contribution in [3.63, 3.8) is 0 Å². The molecule has 0 radical (unpaired) electrons. The number of esters is 1. The molecule has 2 aliphatic rings. The first-order valence-electron chi connectivity index (χ1n) is 16.7. The van der Waals surface area contributed by atoms with Gasteiger partial charge in [0.05, 0.1) is 12.0 Å². The van der Waals surface area contributed by atoms with E-state index in [2.05, 4.69) is 15.3 Å². The van der Waals surface area contributed by atoms with Crippen molar-refractivity contribution in [3.8, 4) is 5.88 Å². The molecule has 0 aliphatic carbocycles. The van der Waals surface area contributed by atoms with Crippen LogP contribution in [0.5, 0.6) is 5.88 Å². The molecule has 4 aromatic rings. The molecule has 2 aliphatic heterocycles. The highest BCUT2D eigenvalue weighted by Gasteiger charge is 2.50. The van der Waals surface area contributed by atoms with E-state index < -0.39 is 33.0 Å². The largest absolute Gasteiger partial charge is 0.481 e. The van der Waals surface area contributed by atoms with Gasteiger partial charge < -0.3 is 14.4 Å². The van der Waals surface area contributed by atoms with Gasteiger partial charge in [0.15, 0.2) is 5.13 Å². The van der Waals surface area contributed by atoms with Crippen LogP contribution in [0.1, 0.15) is 58.1 Å². The fourth-order valence-corrected chi connectivity index (χ4v) is 8.93. The maximum Gasteiger partial charge on any atom is 0.328 e. The molecule has 15 heteroatoms. The van der Waals surface area contributed by atoms with E-state index in [1.807, 2.05) is 30.3 Å². The second kappa shape index (κ2) is 14.2. The molecule has 1 fully saturated rings. The highest BCUT2D eigenvalue weighted by atomic mass is 32.2. The number of nitrogens with one attached hydrogen (secondary N) is 1. The monoisotopic (exact) mass is 734 g/mol. The number of anilines is 2. The van der Waals surface area contributed by atoms with Crippen LogP contribution in [0.15, 0.2) is 65.6 Å². The summed E-state index contributed by atoms with van der Waals surface area (Å²) in [5.41, 5.74) is 1.35. The van der Waals surface area contributed by atoms with Crippen molar-refractivity contribution in [2.75, 3.05) is 43.5 Å². The molecule has 51 heavy (non-hydrogen) atoms. The molecule has 6 rings (SSSR count). The molecule has 1 unspecified atom stereocenters. The minimum absolute atomic E-state index is 0.0641. The molecule has 2 aromatic heterocycles. The van der Waals surface area contributed by atoms with Crippen LogP contribution in [0, 0.1) is 0 Å². The lowest BCUT2D eigenvalue weighted by Gasteiger charge is -2.26. The molecular formula is C36H42N6O7S2. The number of nitrogens with zero attached hydrogens (tertiary/aromatic N) is 5. The molecule has 0 bridgehead atoms. The number of carbonyl (C=O) groups is 3. The Kier molecular flexibility index (Phi) is 10.1. The fourth-order valence-electron chi connectivity index (χ4n) is 6.62. The Morgan fingerprint density at radius 2 is 1.80 bits per heavy atom. The first kappa shape index (κ1) is 36.2. The topological polar surface area (TPSA) is 151 Å². The lowest BCUT2D eigenvalue weighted by molar-refractivity contribution is -0.155. The van der Waals surface area contributed by atoms with Crippen molar-refractivity contribution in [1.82, 2.24) is 19.2 Å². The second-order valence-corrected chi connectivity index (χ2v) is 16.8. The third-order valence-corrected chi connectivity index (χ3v) is 11.8. The number of hydrogen-bond acceptors (Lipinski definition) is 10. The minimum Gasteiger partial charge on any atom is -0.481 e. The molecule has 3 amide bonds. The maximum atomic E-state index is 14.4. The zero-order valence-electron chi connectivity index (χ0n) is 29.3. The van der Waals surface area contributed by atoms with Gasteiger partial charge >= 0.3 is 12.0 Å². The van der Waals surface area contributed by atoms with Crippen LogP contribution in [0.2, 0.25) is 0 Å². The summed E-state index contributed by atoms with van der Waals surface area (Å²) in [4.78, 5) is 51.7. The fraction of sp³-hybridized carbons (Fsp3) is 0.417. The number of pyridine rings is 1. The number of hydrogen-bond donors (Lipinski definition) is 1. The number of ether oxygens (including phenoxy) is 2. The Morgan fingerprint density at radius 3 is 2.49 bits per heavy atom. The highest BCUT2D eigenvalue weighted by Crippen LogP contribution is 2.48. The molecular weight excluding hydrogens is 693 g/mol. The van der Waals surface area contributed by atoms with E-state index in [1.54, 1.807) is 54.8 Å². The number of amides is 3. The molecule has 2 aromatic carbocycles. The van der Waals surface area contributed by atoms with Gasteiger partial charge in [0.25, 0.3) is 0 Å². The number of sulfonamides is 1. The van der Waals surface area contributed by atoms with Crippen molar-refractivity contribution in [3.05, 3.63) is 71.8 Å². The summed E-state index contributed by atoms with van der Waals surface area (Å²) in [5, 5.41) is 3.26. The van der Waals surface area contributed by atoms with E-state index in [-0.39, 0.29) is 43.3 Å². The molecule has 270 valence electrons. The Hall–Kier alpha value is -4.60. The number of aromatic nitrogens is 2. The summed E-state index contributed by atoms with van der Waals surface area (Å²) >= 11 is 1.22. The van der Waals surface area contributed by atoms with Crippen LogP contribution in [-0.2, 0) is 36.3 Å². The summed E-state index contributed by atoms with van der Waals surface area (Å²) in [7, 11) is -2.55. The lowest BCUT2D eigenvalue weighted by Crippen LogP contribution is -2.41. The zero-order chi connectivity index (χ0) is 36.6. The van der Waals surface area contributed by atoms with Crippen LogP contribution in [0.3, 0.4) is 0 Å². The first-order valence-corrected chi connectivity index (χ1v) is 19.0. The van der Waals surface area contributed by atoms with E-state index in [0.29, 0.717) is 52.1 Å². The number of likely N-dealkylation sites (tertiary alicyclic amines) is 1. The summed E-state index contributed by atoms with van der Waals surface area (Å²) in [6.07, 6.45) is 0.890. The Balaban J connectivity index is 1.31. The summed E-state index contributed by atoms with van der Waals surface area (Å²) in [5.74, 6) is -0.0427. The number of urea groups is 1. The van der Waals surface area contributed by atoms with Crippen LogP contribution >= 0.6 is 11.3 Å². The van der Waals surface area contributed by atoms with E-state index in [0.717, 1.165) is 5.56 Å². The number of methoxy groups -OCH3 is 1. The average Bonchev–Trinajstić information content (AvgIpc) is 3.79. The van der Waals surface area contributed by atoms with Gasteiger partial charge in [-0.3, -0.25) is 19.8 Å². The molecule has 1 atom stereocenters. The number of benzene rings is 2. The molecule has 1 saturated heterocycles. The molecule has 1 spiro atoms. The van der Waals surface area contributed by atoms with Crippen LogP contribution < -0.4 is 15.0 Å². The predicted octanol–water partition coefficient (Wildman–Crippen LogP) is 5.55. The number of fused-ring (bicyclic) bond motifs is 3. The average molecular weight is 735 g/mol. The van der Waals surface area contributed by atoms with Gasteiger partial charge in [0, 0.05) is 63.2 Å². The van der Waals surface area contributed by atoms with Gasteiger partial charge in [-0.15, -0.1) is 0 Å². The quantitative estimate of drug-likeness (QED) is 0.207. The van der Waals surface area contributed by atoms with Crippen molar-refractivity contribution >= 4 is 60.4 Å². The van der Waals surface area contributed by atoms with Crippen LogP contribution in [0.25, 0.3) is 10.3 Å². The second-order valence-electron chi connectivity index (χ2n) is 13.9. The van der Waals surface area contributed by atoms with Gasteiger partial charge in [0.1, 0.15) is 15.9 Å². The van der Waals surface area contributed by atoms with Crippen LogP contribution in [-0.4, -0.2) is 84.4 Å². The minimum atomic E-state index is -4.08. The Labute approximate surface area is 301 Å². The Morgan fingerprint density at radius 1 is 1.04 bits per heavy atom. The third-order valence-electron chi connectivity index (χ3n) is 9.04. The molecule has 1 N–H and O–H groups in total. The van der Waals surface area contributed by atoms with Crippen molar-refractivity contribution in [1.29, 1.82) is 0 Å². The van der Waals surface area contributed by atoms with Gasteiger partial charge in [-0.25, -0.2) is 23.2 Å². The number of rotatable bonds is 10. The summed E-state index contributed by atoms with van der Waals surface area (Å²) < 4.78 is 40.9. The third kappa shape index (κ3) is 7.85. The Bertz CT molecular complexity index is 2060. The normalized spacial score (nSPS) is 17.3. The molecule has 13 nitrogen and oxygen atoms in total. The van der Waals surface area contributed by atoms with E-state index >= 15 is 0 Å². The van der Waals surface area contributed by atoms with Crippen molar-refractivity contribution < 1.29 is 32.3 Å². The van der Waals surface area contributed by atoms with Gasteiger partial charge in [-0.1, -0.05) is 41.7 Å². The molecule has 4 heterocycles. The smallest absolute Gasteiger partial charge is 0.328 e. The SMILES string of the molecule is COc1ccc2nc(NC(=O)N3CC4(CCN(C(C)=O)C4)c4cc(S(=O)(=O)N(CCCC(=O)OC(C)(C)C)Cc5ccccc5)ccc43)sc2n1. The number of thiazole rings is 1. The zero-order valence-corrected chi connectivity index (χ0v) is 31.0. The predicted molar refractivity (Wildman–Crippen MR) is 194 cm³/mol. The van der Waals surface area contributed by atoms with E-state index in [4.69, 9.17) is 9.47 Å². The highest BCUT2D eigenvalue weighted by molar-refractivity contribution is 7.89.